The molecule has 0 amide bonds. The molecule has 1 heterocycles. The van der Waals surface area contributed by atoms with E-state index < -0.39 is 12.2 Å². The van der Waals surface area contributed by atoms with Crippen LogP contribution in [0.3, 0.4) is 0 Å². The molecule has 1 fully saturated rings. The van der Waals surface area contributed by atoms with E-state index in [0.29, 0.717) is 5.56 Å². The van der Waals surface area contributed by atoms with Crippen LogP contribution in [-0.2, 0) is 14.3 Å². The van der Waals surface area contributed by atoms with Crippen molar-refractivity contribution in [2.75, 3.05) is 14.2 Å². The summed E-state index contributed by atoms with van der Waals surface area (Å²) in [5, 5.41) is 10.2. The van der Waals surface area contributed by atoms with Gasteiger partial charge in [0, 0.05) is 17.9 Å². The molecule has 2 rings (SSSR count). The van der Waals surface area contributed by atoms with Crippen molar-refractivity contribution in [3.63, 3.8) is 0 Å². The maximum atomic E-state index is 11.8. The van der Waals surface area contributed by atoms with Gasteiger partial charge in [0.25, 0.3) is 0 Å². The van der Waals surface area contributed by atoms with Crippen LogP contribution in [0.15, 0.2) is 24.3 Å². The van der Waals surface area contributed by atoms with E-state index in [1.54, 1.807) is 24.3 Å². The van der Waals surface area contributed by atoms with Crippen LogP contribution in [-0.4, -0.2) is 43.5 Å². The number of ether oxygens (including phenoxy) is 2. The minimum Gasteiger partial charge on any atom is -0.469 e. The number of carbonyl (C=O) groups excluding carboxylic acids is 2. The van der Waals surface area contributed by atoms with Crippen molar-refractivity contribution in [2.24, 2.45) is 5.92 Å². The van der Waals surface area contributed by atoms with E-state index in [1.807, 2.05) is 6.92 Å². The Labute approximate surface area is 134 Å². The largest absolute Gasteiger partial charge is 0.469 e. The standard InChI is InChI=1S/C16H22N2O5/c1-9-14(15(20)18-17-9)12(8-13(19)22-2)10-4-6-11(7-5-10)16(21)23-3/h4-7,9,12,14-15,17-18,20H,8H2,1-3H3. The molecule has 0 aliphatic carbocycles. The highest BCUT2D eigenvalue weighted by Crippen LogP contribution is 2.34. The number of benzene rings is 1. The molecule has 7 nitrogen and oxygen atoms in total. The molecule has 3 N–H and O–H groups in total. The summed E-state index contributed by atoms with van der Waals surface area (Å²) in [4.78, 5) is 23.3. The molecular formula is C16H22N2O5. The van der Waals surface area contributed by atoms with E-state index in [9.17, 15) is 14.7 Å². The van der Waals surface area contributed by atoms with Crippen molar-refractivity contribution in [3.8, 4) is 0 Å². The molecule has 0 spiro atoms. The maximum absolute atomic E-state index is 11.8. The second-order valence-corrected chi connectivity index (χ2v) is 5.60. The second kappa shape index (κ2) is 7.54. The first-order valence-corrected chi connectivity index (χ1v) is 7.42. The number of aliphatic hydroxyl groups is 1. The molecule has 1 aliphatic heterocycles. The number of methoxy groups -OCH3 is 2. The molecule has 4 atom stereocenters. The van der Waals surface area contributed by atoms with Crippen LogP contribution in [0.5, 0.6) is 0 Å². The lowest BCUT2D eigenvalue weighted by atomic mass is 9.79. The van der Waals surface area contributed by atoms with Gasteiger partial charge in [-0.15, -0.1) is 0 Å². The fourth-order valence-corrected chi connectivity index (χ4v) is 2.97. The number of carbonyl (C=O) groups is 2. The number of hydrazine groups is 1. The molecule has 1 aliphatic rings. The lowest BCUT2D eigenvalue weighted by Crippen LogP contribution is -2.33. The van der Waals surface area contributed by atoms with Crippen LogP contribution in [0.2, 0.25) is 0 Å². The predicted molar refractivity (Wildman–Crippen MR) is 82.4 cm³/mol. The van der Waals surface area contributed by atoms with E-state index in [-0.39, 0.29) is 30.3 Å². The molecule has 23 heavy (non-hydrogen) atoms. The molecule has 126 valence electrons. The summed E-state index contributed by atoms with van der Waals surface area (Å²) in [5.74, 6) is -1.23. The van der Waals surface area contributed by atoms with E-state index in [2.05, 4.69) is 15.6 Å². The number of rotatable bonds is 5. The summed E-state index contributed by atoms with van der Waals surface area (Å²) in [6, 6.07) is 6.83. The third kappa shape index (κ3) is 3.87. The van der Waals surface area contributed by atoms with Crippen LogP contribution < -0.4 is 10.9 Å². The van der Waals surface area contributed by atoms with E-state index >= 15 is 0 Å². The van der Waals surface area contributed by atoms with Gasteiger partial charge in [0.05, 0.1) is 26.2 Å². The number of nitrogens with one attached hydrogen (secondary N) is 2. The number of aliphatic hydroxyl groups excluding tert-OH is 1. The third-order valence-electron chi connectivity index (χ3n) is 4.24. The normalized spacial score (nSPS) is 25.0. The molecule has 0 saturated carbocycles. The Balaban J connectivity index is 2.29. The van der Waals surface area contributed by atoms with E-state index in [1.165, 1.54) is 14.2 Å². The predicted octanol–water partition coefficient (Wildman–Crippen LogP) is 0.551. The monoisotopic (exact) mass is 322 g/mol. The Morgan fingerprint density at radius 1 is 1.17 bits per heavy atom. The molecular weight excluding hydrogens is 300 g/mol. The molecule has 0 radical (unpaired) electrons. The fourth-order valence-electron chi connectivity index (χ4n) is 2.97. The van der Waals surface area contributed by atoms with E-state index in [4.69, 9.17) is 4.74 Å². The quantitative estimate of drug-likeness (QED) is 0.681. The van der Waals surface area contributed by atoms with Crippen LogP contribution in [0.25, 0.3) is 0 Å². The Bertz CT molecular complexity index is 550. The average Bonchev–Trinajstić information content (AvgIpc) is 2.90. The molecule has 1 aromatic rings. The number of esters is 2. The van der Waals surface area contributed by atoms with Crippen molar-refractivity contribution < 1.29 is 24.2 Å². The minimum atomic E-state index is -0.778. The number of hydrogen-bond donors (Lipinski definition) is 3. The molecule has 4 unspecified atom stereocenters. The summed E-state index contributed by atoms with van der Waals surface area (Å²) in [5.41, 5.74) is 7.04. The molecule has 1 saturated heterocycles. The van der Waals surface area contributed by atoms with Crippen molar-refractivity contribution in [1.82, 2.24) is 10.9 Å². The number of hydrogen-bond acceptors (Lipinski definition) is 7. The summed E-state index contributed by atoms with van der Waals surface area (Å²) in [6.07, 6.45) is -0.635. The molecule has 1 aromatic carbocycles. The second-order valence-electron chi connectivity index (χ2n) is 5.60. The Kier molecular flexibility index (Phi) is 5.70. The van der Waals surface area contributed by atoms with Crippen LogP contribution in [0.4, 0.5) is 0 Å². The summed E-state index contributed by atoms with van der Waals surface area (Å²) >= 11 is 0. The lowest BCUT2D eigenvalue weighted by molar-refractivity contribution is -0.141. The zero-order valence-corrected chi connectivity index (χ0v) is 13.4. The first kappa shape index (κ1) is 17.4. The highest BCUT2D eigenvalue weighted by Gasteiger charge is 2.39. The average molecular weight is 322 g/mol. The Hall–Kier alpha value is -1.96. The minimum absolute atomic E-state index is 0.0278. The summed E-state index contributed by atoms with van der Waals surface area (Å²) < 4.78 is 9.46. The van der Waals surface area contributed by atoms with Gasteiger partial charge in [-0.05, 0) is 24.6 Å². The lowest BCUT2D eigenvalue weighted by Gasteiger charge is -2.27. The van der Waals surface area contributed by atoms with Gasteiger partial charge in [-0.1, -0.05) is 12.1 Å². The maximum Gasteiger partial charge on any atom is 0.337 e. The van der Waals surface area contributed by atoms with Gasteiger partial charge in [-0.25, -0.2) is 10.2 Å². The van der Waals surface area contributed by atoms with Crippen LogP contribution in [0, 0.1) is 5.92 Å². The summed E-state index contributed by atoms with van der Waals surface area (Å²) in [7, 11) is 2.66. The Morgan fingerprint density at radius 3 is 2.30 bits per heavy atom. The fraction of sp³-hybridized carbons (Fsp3) is 0.500. The van der Waals surface area contributed by atoms with Crippen molar-refractivity contribution in [1.29, 1.82) is 0 Å². The van der Waals surface area contributed by atoms with Crippen molar-refractivity contribution >= 4 is 11.9 Å². The van der Waals surface area contributed by atoms with Gasteiger partial charge in [-0.3, -0.25) is 10.2 Å². The SMILES string of the molecule is COC(=O)CC(c1ccc(C(=O)OC)cc1)C1C(C)NNC1O. The molecule has 7 heteroatoms. The smallest absolute Gasteiger partial charge is 0.337 e. The van der Waals surface area contributed by atoms with Gasteiger partial charge in [0.1, 0.15) is 6.23 Å². The molecule has 0 aromatic heterocycles. The van der Waals surface area contributed by atoms with Gasteiger partial charge < -0.3 is 14.6 Å². The van der Waals surface area contributed by atoms with Gasteiger partial charge in [-0.2, -0.15) is 0 Å². The topological polar surface area (TPSA) is 96.9 Å². The van der Waals surface area contributed by atoms with E-state index in [0.717, 1.165) is 5.56 Å². The highest BCUT2D eigenvalue weighted by atomic mass is 16.5. The van der Waals surface area contributed by atoms with Gasteiger partial charge >= 0.3 is 11.9 Å². The zero-order chi connectivity index (χ0) is 17.0. The van der Waals surface area contributed by atoms with Crippen LogP contribution >= 0.6 is 0 Å². The zero-order valence-electron chi connectivity index (χ0n) is 13.4. The summed E-state index contributed by atoms with van der Waals surface area (Å²) in [6.45, 7) is 1.93. The highest BCUT2D eigenvalue weighted by molar-refractivity contribution is 5.89. The third-order valence-corrected chi connectivity index (χ3v) is 4.24. The van der Waals surface area contributed by atoms with Gasteiger partial charge in [0.15, 0.2) is 0 Å². The van der Waals surface area contributed by atoms with Gasteiger partial charge in [0.2, 0.25) is 0 Å². The van der Waals surface area contributed by atoms with Crippen molar-refractivity contribution in [3.05, 3.63) is 35.4 Å². The van der Waals surface area contributed by atoms with Crippen molar-refractivity contribution in [2.45, 2.75) is 31.5 Å². The Morgan fingerprint density at radius 2 is 1.83 bits per heavy atom. The molecule has 0 bridgehead atoms. The first-order valence-electron chi connectivity index (χ1n) is 7.42. The first-order chi connectivity index (χ1) is 11.0. The van der Waals surface area contributed by atoms with Crippen LogP contribution in [0.1, 0.15) is 35.2 Å².